The van der Waals surface area contributed by atoms with Crippen LogP contribution in [0.5, 0.6) is 0 Å². The zero-order valence-electron chi connectivity index (χ0n) is 12.5. The van der Waals surface area contributed by atoms with Crippen LogP contribution in [0.1, 0.15) is 0 Å². The van der Waals surface area contributed by atoms with Gasteiger partial charge in [0.25, 0.3) is 0 Å². The average Bonchev–Trinajstić information content (AvgIpc) is 3.03. The van der Waals surface area contributed by atoms with Crippen LogP contribution in [0.25, 0.3) is 22.4 Å². The van der Waals surface area contributed by atoms with E-state index in [0.29, 0.717) is 0 Å². The van der Waals surface area contributed by atoms with E-state index < -0.39 is 5.82 Å². The molecule has 0 aliphatic carbocycles. The van der Waals surface area contributed by atoms with Crippen molar-refractivity contribution in [3.63, 3.8) is 0 Å². The summed E-state index contributed by atoms with van der Waals surface area (Å²) < 4.78 is 13.2. The van der Waals surface area contributed by atoms with Gasteiger partial charge in [-0.05, 0) is 42.5 Å². The Morgan fingerprint density at radius 1 is 0.917 bits per heavy atom. The Kier molecular flexibility index (Phi) is 4.00. The van der Waals surface area contributed by atoms with Gasteiger partial charge < -0.3 is 4.98 Å². The van der Waals surface area contributed by atoms with E-state index in [1.807, 2.05) is 48.5 Å². The molecule has 1 N–H and O–H groups in total. The van der Waals surface area contributed by atoms with Crippen LogP contribution in [0.4, 0.5) is 4.39 Å². The summed E-state index contributed by atoms with van der Waals surface area (Å²) in [7, 11) is 0. The molecule has 0 unspecified atom stereocenters. The summed E-state index contributed by atoms with van der Waals surface area (Å²) in [5, 5.41) is 0.138. The van der Waals surface area contributed by atoms with Crippen molar-refractivity contribution < 1.29 is 4.39 Å². The van der Waals surface area contributed by atoms with Gasteiger partial charge in [-0.1, -0.05) is 47.6 Å². The molecule has 3 aromatic carbocycles. The summed E-state index contributed by atoms with van der Waals surface area (Å²) in [6, 6.07) is 20.8. The first kappa shape index (κ1) is 15.2. The van der Waals surface area contributed by atoms with Gasteiger partial charge in [0.1, 0.15) is 11.6 Å². The summed E-state index contributed by atoms with van der Waals surface area (Å²) >= 11 is 7.36. The largest absolute Gasteiger partial charge is 0.338 e. The van der Waals surface area contributed by atoms with Gasteiger partial charge in [0.2, 0.25) is 0 Å². The summed E-state index contributed by atoms with van der Waals surface area (Å²) in [6.07, 6.45) is 0. The predicted molar refractivity (Wildman–Crippen MR) is 97.1 cm³/mol. The van der Waals surface area contributed by atoms with Crippen molar-refractivity contribution in [2.24, 2.45) is 0 Å². The monoisotopic (exact) mass is 354 g/mol. The molecule has 0 aliphatic heterocycles. The zero-order chi connectivity index (χ0) is 16.5. The highest BCUT2D eigenvalue weighted by Gasteiger charge is 2.06. The highest BCUT2D eigenvalue weighted by Crippen LogP contribution is 2.31. The maximum atomic E-state index is 13.2. The molecule has 0 spiro atoms. The van der Waals surface area contributed by atoms with Gasteiger partial charge >= 0.3 is 0 Å². The van der Waals surface area contributed by atoms with Crippen molar-refractivity contribution in [2.45, 2.75) is 9.79 Å². The van der Waals surface area contributed by atoms with Gasteiger partial charge in [-0.15, -0.1) is 0 Å². The minimum atomic E-state index is -0.402. The van der Waals surface area contributed by atoms with Crippen molar-refractivity contribution in [3.8, 4) is 11.4 Å². The van der Waals surface area contributed by atoms with E-state index in [-0.39, 0.29) is 5.02 Å². The molecule has 0 saturated carbocycles. The second-order valence-corrected chi connectivity index (χ2v) is 6.86. The minimum Gasteiger partial charge on any atom is -0.338 e. The highest BCUT2D eigenvalue weighted by atomic mass is 35.5. The van der Waals surface area contributed by atoms with Crippen molar-refractivity contribution in [1.29, 1.82) is 0 Å². The van der Waals surface area contributed by atoms with Crippen molar-refractivity contribution >= 4 is 34.4 Å². The number of benzene rings is 3. The lowest BCUT2D eigenvalue weighted by molar-refractivity contribution is 0.627. The number of fused-ring (bicyclic) bond motifs is 1. The van der Waals surface area contributed by atoms with Crippen LogP contribution in [0.3, 0.4) is 0 Å². The van der Waals surface area contributed by atoms with E-state index in [0.717, 1.165) is 32.2 Å². The number of halogens is 2. The van der Waals surface area contributed by atoms with Crippen molar-refractivity contribution in [3.05, 3.63) is 77.6 Å². The van der Waals surface area contributed by atoms with E-state index in [9.17, 15) is 4.39 Å². The summed E-state index contributed by atoms with van der Waals surface area (Å²) in [4.78, 5) is 9.87. The number of rotatable bonds is 3. The number of aromatic nitrogens is 2. The maximum absolute atomic E-state index is 13.2. The topological polar surface area (TPSA) is 28.7 Å². The number of hydrogen-bond donors (Lipinski definition) is 1. The van der Waals surface area contributed by atoms with Gasteiger partial charge in [0.05, 0.1) is 16.1 Å². The second kappa shape index (κ2) is 6.30. The van der Waals surface area contributed by atoms with E-state index in [1.165, 1.54) is 17.8 Å². The van der Waals surface area contributed by atoms with Crippen LogP contribution in [0.15, 0.2) is 76.5 Å². The first-order chi connectivity index (χ1) is 11.7. The molecule has 4 rings (SSSR count). The van der Waals surface area contributed by atoms with E-state index >= 15 is 0 Å². The molecular formula is C19H12ClFN2S. The number of aromatic amines is 1. The van der Waals surface area contributed by atoms with Gasteiger partial charge in [0, 0.05) is 15.4 Å². The molecule has 1 heterocycles. The average molecular weight is 355 g/mol. The molecule has 5 heteroatoms. The molecule has 0 bridgehead atoms. The van der Waals surface area contributed by atoms with E-state index in [2.05, 4.69) is 9.97 Å². The van der Waals surface area contributed by atoms with Crippen LogP contribution in [0.2, 0.25) is 5.02 Å². The minimum absolute atomic E-state index is 0.138. The molecule has 24 heavy (non-hydrogen) atoms. The summed E-state index contributed by atoms with van der Waals surface area (Å²) in [6.45, 7) is 0. The smallest absolute Gasteiger partial charge is 0.141 e. The second-order valence-electron chi connectivity index (χ2n) is 5.30. The van der Waals surface area contributed by atoms with Crippen LogP contribution in [-0.2, 0) is 0 Å². The van der Waals surface area contributed by atoms with Crippen molar-refractivity contribution in [1.82, 2.24) is 9.97 Å². The Labute approximate surface area is 147 Å². The van der Waals surface area contributed by atoms with Gasteiger partial charge in [-0.25, -0.2) is 9.37 Å². The Morgan fingerprint density at radius 2 is 1.67 bits per heavy atom. The van der Waals surface area contributed by atoms with E-state index in [4.69, 9.17) is 11.6 Å². The van der Waals surface area contributed by atoms with Crippen LogP contribution < -0.4 is 0 Å². The van der Waals surface area contributed by atoms with Crippen LogP contribution in [0, 0.1) is 5.82 Å². The molecule has 1 aromatic heterocycles. The molecule has 0 fully saturated rings. The third kappa shape index (κ3) is 3.03. The lowest BCUT2D eigenvalue weighted by Gasteiger charge is -2.04. The fourth-order valence-corrected chi connectivity index (χ4v) is 3.55. The standard InChI is InChI=1S/C19H12ClFN2S/c20-15-11-14(9-10-16(15)21)24-13-7-5-12(6-8-13)19-22-17-3-1-2-4-18(17)23-19/h1-11H,(H,22,23). The fourth-order valence-electron chi connectivity index (χ4n) is 2.45. The maximum Gasteiger partial charge on any atom is 0.141 e. The number of nitrogens with one attached hydrogen (secondary N) is 1. The summed E-state index contributed by atoms with van der Waals surface area (Å²) in [5.74, 6) is 0.443. The van der Waals surface area contributed by atoms with Gasteiger partial charge in [-0.3, -0.25) is 0 Å². The lowest BCUT2D eigenvalue weighted by atomic mass is 10.2. The Hall–Kier alpha value is -2.30. The molecule has 0 amide bonds. The number of hydrogen-bond acceptors (Lipinski definition) is 2. The number of para-hydroxylation sites is 2. The molecule has 0 radical (unpaired) electrons. The first-order valence-corrected chi connectivity index (χ1v) is 8.56. The number of nitrogens with zero attached hydrogens (tertiary/aromatic N) is 1. The Morgan fingerprint density at radius 3 is 2.42 bits per heavy atom. The van der Waals surface area contributed by atoms with Crippen molar-refractivity contribution in [2.75, 3.05) is 0 Å². The third-order valence-electron chi connectivity index (χ3n) is 3.64. The molecule has 0 aliphatic rings. The Bertz CT molecular complexity index is 978. The normalized spacial score (nSPS) is 11.1. The SMILES string of the molecule is Fc1ccc(Sc2ccc(-c3nc4ccccc4[nH]3)cc2)cc1Cl. The molecular weight excluding hydrogens is 343 g/mol. The molecule has 118 valence electrons. The lowest BCUT2D eigenvalue weighted by Crippen LogP contribution is -1.81. The fraction of sp³-hybridized carbons (Fsp3) is 0. The molecule has 0 saturated heterocycles. The molecule has 4 aromatic rings. The van der Waals surface area contributed by atoms with Crippen LogP contribution >= 0.6 is 23.4 Å². The van der Waals surface area contributed by atoms with E-state index in [1.54, 1.807) is 12.1 Å². The number of imidazole rings is 1. The summed E-state index contributed by atoms with van der Waals surface area (Å²) in [5.41, 5.74) is 2.99. The first-order valence-electron chi connectivity index (χ1n) is 7.37. The van der Waals surface area contributed by atoms with Gasteiger partial charge in [0.15, 0.2) is 0 Å². The highest BCUT2D eigenvalue weighted by molar-refractivity contribution is 7.99. The molecule has 0 atom stereocenters. The zero-order valence-corrected chi connectivity index (χ0v) is 14.0. The van der Waals surface area contributed by atoms with Gasteiger partial charge in [-0.2, -0.15) is 0 Å². The number of H-pyrrole nitrogens is 1. The third-order valence-corrected chi connectivity index (χ3v) is 4.93. The molecule has 2 nitrogen and oxygen atoms in total. The van der Waals surface area contributed by atoms with Crippen LogP contribution in [-0.4, -0.2) is 9.97 Å². The Balaban J connectivity index is 1.58. The predicted octanol–water partition coefficient (Wildman–Crippen LogP) is 6.17. The quantitative estimate of drug-likeness (QED) is 0.476.